The molecule has 3 unspecified atom stereocenters. The molecule has 0 saturated carbocycles. The number of fused-ring (bicyclic) bond motifs is 1. The molecular formula is C12H17N5O5. The molecule has 22 heavy (non-hydrogen) atoms. The molecule has 10 heteroatoms. The third-order valence-corrected chi connectivity index (χ3v) is 3.80. The molecule has 0 aromatic carbocycles. The summed E-state index contributed by atoms with van der Waals surface area (Å²) in [6.45, 7) is 0.979. The van der Waals surface area contributed by atoms with E-state index in [1.165, 1.54) is 24.9 Å². The predicted molar refractivity (Wildman–Crippen MR) is 73.9 cm³/mol. The van der Waals surface area contributed by atoms with Crippen LogP contribution in [0.1, 0.15) is 13.2 Å². The molecule has 2 aromatic heterocycles. The molecule has 5 N–H and O–H groups in total. The fourth-order valence-corrected chi connectivity index (χ4v) is 2.57. The first kappa shape index (κ1) is 14.9. The number of anilines is 1. The lowest BCUT2D eigenvalue weighted by molar-refractivity contribution is -0.0950. The van der Waals surface area contributed by atoms with E-state index in [1.807, 2.05) is 0 Å². The van der Waals surface area contributed by atoms with E-state index in [9.17, 15) is 15.3 Å². The summed E-state index contributed by atoms with van der Waals surface area (Å²) in [5, 5.41) is 29.8. The summed E-state index contributed by atoms with van der Waals surface area (Å²) in [5.41, 5.74) is 4.76. The lowest BCUT2D eigenvalue weighted by Gasteiger charge is -2.27. The van der Waals surface area contributed by atoms with Crippen LogP contribution in [0.2, 0.25) is 0 Å². The van der Waals surface area contributed by atoms with Crippen molar-refractivity contribution in [2.24, 2.45) is 0 Å². The van der Waals surface area contributed by atoms with Crippen LogP contribution in [0.25, 0.3) is 11.2 Å². The number of aliphatic hydroxyl groups excluding tert-OH is 2. The highest BCUT2D eigenvalue weighted by atomic mass is 16.6. The number of hydrogen-bond donors (Lipinski definition) is 4. The summed E-state index contributed by atoms with van der Waals surface area (Å²) < 4.78 is 11.9. The van der Waals surface area contributed by atoms with Crippen molar-refractivity contribution in [3.05, 3.63) is 6.33 Å². The molecular weight excluding hydrogens is 294 g/mol. The molecule has 4 atom stereocenters. The van der Waals surface area contributed by atoms with Crippen LogP contribution in [0.3, 0.4) is 0 Å². The van der Waals surface area contributed by atoms with E-state index in [1.54, 1.807) is 0 Å². The highest BCUT2D eigenvalue weighted by molar-refractivity contribution is 5.82. The number of nitrogens with zero attached hydrogens (tertiary/aromatic N) is 4. The Kier molecular flexibility index (Phi) is 3.40. The number of aromatic nitrogens is 4. The largest absolute Gasteiger partial charge is 0.467 e. The van der Waals surface area contributed by atoms with Crippen molar-refractivity contribution in [1.29, 1.82) is 0 Å². The van der Waals surface area contributed by atoms with Crippen LogP contribution in [0.5, 0.6) is 6.01 Å². The Balaban J connectivity index is 2.12. The average Bonchev–Trinajstić information content (AvgIpc) is 3.00. The van der Waals surface area contributed by atoms with Gasteiger partial charge in [-0.15, -0.1) is 0 Å². The molecule has 0 aliphatic carbocycles. The number of rotatable bonds is 3. The molecule has 120 valence electrons. The van der Waals surface area contributed by atoms with Gasteiger partial charge in [-0.3, -0.25) is 4.57 Å². The molecule has 3 heterocycles. The maximum Gasteiger partial charge on any atom is 0.320 e. The molecule has 0 bridgehead atoms. The number of methoxy groups -OCH3 is 1. The first-order valence-corrected chi connectivity index (χ1v) is 6.61. The summed E-state index contributed by atoms with van der Waals surface area (Å²) in [4.78, 5) is 12.2. The van der Waals surface area contributed by atoms with Crippen LogP contribution in [0.15, 0.2) is 6.33 Å². The van der Waals surface area contributed by atoms with Crippen LogP contribution >= 0.6 is 0 Å². The Hall–Kier alpha value is -2.01. The van der Waals surface area contributed by atoms with Gasteiger partial charge in [0.25, 0.3) is 0 Å². The van der Waals surface area contributed by atoms with Gasteiger partial charge in [0.1, 0.15) is 17.8 Å². The topological polar surface area (TPSA) is 149 Å². The quantitative estimate of drug-likeness (QED) is 0.526. The SMILES string of the molecule is COc1nc(N)c2ncn(C3OC(CO)C(O)[C@@]3(C)O)c2n1. The van der Waals surface area contributed by atoms with E-state index >= 15 is 0 Å². The van der Waals surface area contributed by atoms with Gasteiger partial charge in [0.2, 0.25) is 0 Å². The Morgan fingerprint density at radius 2 is 2.23 bits per heavy atom. The Bertz CT molecular complexity index is 703. The van der Waals surface area contributed by atoms with Crippen molar-refractivity contribution in [3.63, 3.8) is 0 Å². The Morgan fingerprint density at radius 3 is 2.82 bits per heavy atom. The Labute approximate surface area is 125 Å². The summed E-state index contributed by atoms with van der Waals surface area (Å²) in [7, 11) is 1.40. The van der Waals surface area contributed by atoms with Crippen LogP contribution < -0.4 is 10.5 Å². The summed E-state index contributed by atoms with van der Waals surface area (Å²) in [6, 6.07) is 0.0450. The number of hydrogen-bond acceptors (Lipinski definition) is 9. The fraction of sp³-hybridized carbons (Fsp3) is 0.583. The average molecular weight is 311 g/mol. The minimum atomic E-state index is -1.64. The molecule has 1 saturated heterocycles. The molecule has 1 aliphatic heterocycles. The molecule has 0 amide bonds. The van der Waals surface area contributed by atoms with Crippen molar-refractivity contribution in [1.82, 2.24) is 19.5 Å². The van der Waals surface area contributed by atoms with Gasteiger partial charge in [-0.25, -0.2) is 4.98 Å². The second-order valence-electron chi connectivity index (χ2n) is 5.30. The number of aliphatic hydroxyl groups is 3. The van der Waals surface area contributed by atoms with Gasteiger partial charge in [0.05, 0.1) is 20.0 Å². The molecule has 0 radical (unpaired) electrons. The van der Waals surface area contributed by atoms with Crippen molar-refractivity contribution < 1.29 is 24.8 Å². The second-order valence-corrected chi connectivity index (χ2v) is 5.30. The maximum atomic E-state index is 10.5. The third kappa shape index (κ3) is 2.00. The van der Waals surface area contributed by atoms with Gasteiger partial charge in [-0.05, 0) is 6.92 Å². The number of imidazole rings is 1. The van der Waals surface area contributed by atoms with Crippen molar-refractivity contribution in [2.75, 3.05) is 19.5 Å². The van der Waals surface area contributed by atoms with Gasteiger partial charge in [0, 0.05) is 0 Å². The zero-order chi connectivity index (χ0) is 16.1. The van der Waals surface area contributed by atoms with E-state index in [-0.39, 0.29) is 11.8 Å². The monoisotopic (exact) mass is 311 g/mol. The molecule has 2 aromatic rings. The lowest BCUT2D eigenvalue weighted by atomic mass is 9.96. The van der Waals surface area contributed by atoms with E-state index in [4.69, 9.17) is 15.2 Å². The molecule has 0 spiro atoms. The van der Waals surface area contributed by atoms with Gasteiger partial charge >= 0.3 is 6.01 Å². The van der Waals surface area contributed by atoms with Crippen LogP contribution in [0, 0.1) is 0 Å². The number of nitrogen functional groups attached to an aromatic ring is 1. The third-order valence-electron chi connectivity index (χ3n) is 3.80. The molecule has 1 aliphatic rings. The summed E-state index contributed by atoms with van der Waals surface area (Å²) in [5.74, 6) is 0.123. The highest BCUT2D eigenvalue weighted by Gasteiger charge is 2.53. The molecule has 10 nitrogen and oxygen atoms in total. The van der Waals surface area contributed by atoms with Gasteiger partial charge in [0.15, 0.2) is 23.2 Å². The smallest absolute Gasteiger partial charge is 0.320 e. The van der Waals surface area contributed by atoms with Crippen LogP contribution in [0.4, 0.5) is 5.82 Å². The lowest BCUT2D eigenvalue weighted by Crippen LogP contribution is -2.44. The number of nitrogens with two attached hydrogens (primary N) is 1. The van der Waals surface area contributed by atoms with Crippen molar-refractivity contribution >= 4 is 17.0 Å². The minimum absolute atomic E-state index is 0.0450. The zero-order valence-corrected chi connectivity index (χ0v) is 12.0. The van der Waals surface area contributed by atoms with E-state index in [2.05, 4.69) is 15.0 Å². The van der Waals surface area contributed by atoms with Crippen molar-refractivity contribution in [2.45, 2.75) is 31.0 Å². The molecule has 3 rings (SSSR count). The van der Waals surface area contributed by atoms with Crippen LogP contribution in [-0.2, 0) is 4.74 Å². The van der Waals surface area contributed by atoms with Gasteiger partial charge < -0.3 is 30.5 Å². The van der Waals surface area contributed by atoms with Gasteiger partial charge in [-0.2, -0.15) is 9.97 Å². The van der Waals surface area contributed by atoms with E-state index in [0.717, 1.165) is 0 Å². The normalized spacial score (nSPS) is 31.8. The summed E-state index contributed by atoms with van der Waals surface area (Å²) in [6.07, 6.45) is -1.80. The van der Waals surface area contributed by atoms with E-state index < -0.39 is 30.6 Å². The maximum absolute atomic E-state index is 10.5. The summed E-state index contributed by atoms with van der Waals surface area (Å²) >= 11 is 0. The second kappa shape index (κ2) is 5.02. The zero-order valence-electron chi connectivity index (χ0n) is 12.0. The predicted octanol–water partition coefficient (Wildman–Crippen LogP) is -1.58. The number of ether oxygens (including phenoxy) is 2. The van der Waals surface area contributed by atoms with Crippen LogP contribution in [-0.4, -0.2) is 66.4 Å². The standard InChI is InChI=1S/C12H17N5O5/c1-12(20)7(19)5(3-18)22-10(12)17-4-14-6-8(13)15-11(21-2)16-9(6)17/h4-5,7,10,18-20H,3H2,1-2H3,(H2,13,15,16)/t5?,7?,10?,12-/m1/s1. The fourth-order valence-electron chi connectivity index (χ4n) is 2.57. The Morgan fingerprint density at radius 1 is 1.50 bits per heavy atom. The first-order chi connectivity index (χ1) is 10.4. The van der Waals surface area contributed by atoms with E-state index in [0.29, 0.717) is 11.2 Å². The minimum Gasteiger partial charge on any atom is -0.467 e. The highest BCUT2D eigenvalue weighted by Crippen LogP contribution is 2.39. The van der Waals surface area contributed by atoms with Crippen molar-refractivity contribution in [3.8, 4) is 6.01 Å². The van der Waals surface area contributed by atoms with Gasteiger partial charge in [-0.1, -0.05) is 0 Å². The first-order valence-electron chi connectivity index (χ1n) is 6.61. The molecule has 1 fully saturated rings.